The maximum atomic E-state index is 13.1. The summed E-state index contributed by atoms with van der Waals surface area (Å²) >= 11 is 0. The van der Waals surface area contributed by atoms with Crippen LogP contribution in [0.4, 0.5) is 11.5 Å². The molecule has 3 aromatic rings. The quantitative estimate of drug-likeness (QED) is 0.769. The van der Waals surface area contributed by atoms with E-state index in [9.17, 15) is 9.59 Å². The van der Waals surface area contributed by atoms with E-state index in [1.807, 2.05) is 31.2 Å². The maximum Gasteiger partial charge on any atom is 0.258 e. The van der Waals surface area contributed by atoms with Crippen molar-refractivity contribution in [2.24, 2.45) is 0 Å². The van der Waals surface area contributed by atoms with Crippen LogP contribution in [0.2, 0.25) is 0 Å². The highest BCUT2D eigenvalue weighted by molar-refractivity contribution is 6.10. The second-order valence-electron chi connectivity index (χ2n) is 6.71. The Kier molecular flexibility index (Phi) is 4.24. The van der Waals surface area contributed by atoms with E-state index in [-0.39, 0.29) is 17.9 Å². The van der Waals surface area contributed by atoms with E-state index in [4.69, 9.17) is 4.52 Å². The molecule has 4 rings (SSSR count). The Morgan fingerprint density at radius 2 is 1.89 bits per heavy atom. The lowest BCUT2D eigenvalue weighted by atomic mass is 10.1. The fourth-order valence-corrected chi connectivity index (χ4v) is 3.42. The zero-order chi connectivity index (χ0) is 19.0. The van der Waals surface area contributed by atoms with Gasteiger partial charge in [-0.25, -0.2) is 0 Å². The number of rotatable bonds is 3. The molecule has 1 atom stereocenters. The number of aryl methyl sites for hydroxylation is 1. The van der Waals surface area contributed by atoms with E-state index in [1.165, 1.54) is 0 Å². The first-order valence-electron chi connectivity index (χ1n) is 8.79. The molecule has 0 radical (unpaired) electrons. The third-order valence-corrected chi connectivity index (χ3v) is 4.67. The summed E-state index contributed by atoms with van der Waals surface area (Å²) in [6.45, 7) is 3.78. The average molecular weight is 361 g/mol. The molecule has 27 heavy (non-hydrogen) atoms. The molecule has 1 aromatic heterocycles. The SMILES string of the molecule is Cc1cc(NC(=O)c2cccc(C(=O)N3c4ccccc4CC3C)c2)no1. The molecule has 2 aromatic carbocycles. The number of carbonyl (C=O) groups excluding carboxylic acids is 2. The second-order valence-corrected chi connectivity index (χ2v) is 6.71. The van der Waals surface area contributed by atoms with Gasteiger partial charge in [0.15, 0.2) is 5.82 Å². The number of amides is 2. The molecule has 1 aliphatic rings. The molecule has 6 heteroatoms. The van der Waals surface area contributed by atoms with Gasteiger partial charge >= 0.3 is 0 Å². The summed E-state index contributed by atoms with van der Waals surface area (Å²) in [5, 5.41) is 6.43. The first kappa shape index (κ1) is 17.0. The van der Waals surface area contributed by atoms with Gasteiger partial charge in [-0.15, -0.1) is 0 Å². The number of fused-ring (bicyclic) bond motifs is 1. The molecule has 0 spiro atoms. The monoisotopic (exact) mass is 361 g/mol. The van der Waals surface area contributed by atoms with Gasteiger partial charge in [0.1, 0.15) is 5.76 Å². The fourth-order valence-electron chi connectivity index (χ4n) is 3.42. The van der Waals surface area contributed by atoms with Crippen molar-refractivity contribution in [3.8, 4) is 0 Å². The van der Waals surface area contributed by atoms with E-state index in [0.29, 0.717) is 22.7 Å². The number of nitrogens with zero attached hydrogens (tertiary/aromatic N) is 2. The van der Waals surface area contributed by atoms with Crippen LogP contribution in [0.1, 0.15) is 39.0 Å². The summed E-state index contributed by atoms with van der Waals surface area (Å²) < 4.78 is 4.95. The number of anilines is 2. The molecular formula is C21H19N3O3. The van der Waals surface area contributed by atoms with Crippen LogP contribution in [0.3, 0.4) is 0 Å². The minimum atomic E-state index is -0.340. The van der Waals surface area contributed by atoms with E-state index in [2.05, 4.69) is 10.5 Å². The predicted molar refractivity (Wildman–Crippen MR) is 102 cm³/mol. The second kappa shape index (κ2) is 6.72. The Hall–Kier alpha value is -3.41. The molecule has 1 unspecified atom stereocenters. The molecule has 0 saturated carbocycles. The number of aromatic nitrogens is 1. The van der Waals surface area contributed by atoms with Crippen molar-refractivity contribution >= 4 is 23.3 Å². The van der Waals surface area contributed by atoms with Crippen LogP contribution in [0.25, 0.3) is 0 Å². The molecule has 1 aliphatic heterocycles. The van der Waals surface area contributed by atoms with Crippen molar-refractivity contribution in [3.63, 3.8) is 0 Å². The molecule has 136 valence electrons. The van der Waals surface area contributed by atoms with Crippen LogP contribution < -0.4 is 10.2 Å². The first-order chi connectivity index (χ1) is 13.0. The van der Waals surface area contributed by atoms with Gasteiger partial charge in [0.05, 0.1) is 0 Å². The molecular weight excluding hydrogens is 342 g/mol. The molecule has 2 heterocycles. The summed E-state index contributed by atoms with van der Waals surface area (Å²) in [5.41, 5.74) is 2.96. The summed E-state index contributed by atoms with van der Waals surface area (Å²) in [5.74, 6) is 0.499. The predicted octanol–water partition coefficient (Wildman–Crippen LogP) is 3.83. The molecule has 0 bridgehead atoms. The number of benzene rings is 2. The van der Waals surface area contributed by atoms with Gasteiger partial charge in [-0.2, -0.15) is 0 Å². The molecule has 2 amide bonds. The standard InChI is InChI=1S/C21H19N3O3/c1-13-10-15-6-3-4-9-18(15)24(13)21(26)17-8-5-7-16(12-17)20(25)22-19-11-14(2)27-23-19/h3-9,11-13H,10H2,1-2H3,(H,22,23,25). The van der Waals surface area contributed by atoms with E-state index in [0.717, 1.165) is 17.7 Å². The molecule has 6 nitrogen and oxygen atoms in total. The first-order valence-corrected chi connectivity index (χ1v) is 8.79. The normalized spacial score (nSPS) is 15.5. The fraction of sp³-hybridized carbons (Fsp3) is 0.190. The van der Waals surface area contributed by atoms with Crippen molar-refractivity contribution in [2.75, 3.05) is 10.2 Å². The number of nitrogens with one attached hydrogen (secondary N) is 1. The smallest absolute Gasteiger partial charge is 0.258 e. The van der Waals surface area contributed by atoms with Gasteiger partial charge in [-0.1, -0.05) is 29.4 Å². The van der Waals surface area contributed by atoms with Gasteiger partial charge < -0.3 is 14.7 Å². The van der Waals surface area contributed by atoms with E-state index >= 15 is 0 Å². The van der Waals surface area contributed by atoms with Crippen LogP contribution in [0.15, 0.2) is 59.1 Å². The molecule has 0 saturated heterocycles. The lowest BCUT2D eigenvalue weighted by Gasteiger charge is -2.23. The average Bonchev–Trinajstić information content (AvgIpc) is 3.23. The van der Waals surface area contributed by atoms with Crippen molar-refractivity contribution in [2.45, 2.75) is 26.3 Å². The Balaban J connectivity index is 1.59. The van der Waals surface area contributed by atoms with E-state index < -0.39 is 0 Å². The van der Waals surface area contributed by atoms with Gasteiger partial charge in [0.2, 0.25) is 0 Å². The van der Waals surface area contributed by atoms with Gasteiger partial charge in [0.25, 0.3) is 11.8 Å². The van der Waals surface area contributed by atoms with Gasteiger partial charge in [0, 0.05) is 28.9 Å². The molecule has 0 aliphatic carbocycles. The van der Waals surface area contributed by atoms with Crippen molar-refractivity contribution in [1.82, 2.24) is 5.16 Å². The largest absolute Gasteiger partial charge is 0.360 e. The molecule has 1 N–H and O–H groups in total. The minimum Gasteiger partial charge on any atom is -0.360 e. The topological polar surface area (TPSA) is 75.4 Å². The van der Waals surface area contributed by atoms with Crippen LogP contribution in [-0.2, 0) is 6.42 Å². The summed E-state index contributed by atoms with van der Waals surface area (Å²) in [4.78, 5) is 27.4. The Morgan fingerprint density at radius 1 is 1.11 bits per heavy atom. The number of para-hydroxylation sites is 1. The Morgan fingerprint density at radius 3 is 2.67 bits per heavy atom. The van der Waals surface area contributed by atoms with Crippen molar-refractivity contribution < 1.29 is 14.1 Å². The highest BCUT2D eigenvalue weighted by Gasteiger charge is 2.31. The Bertz CT molecular complexity index is 1020. The van der Waals surface area contributed by atoms with Crippen LogP contribution in [-0.4, -0.2) is 23.0 Å². The van der Waals surface area contributed by atoms with Gasteiger partial charge in [-0.05, 0) is 50.1 Å². The summed E-state index contributed by atoms with van der Waals surface area (Å²) in [6, 6.07) is 16.3. The van der Waals surface area contributed by atoms with E-state index in [1.54, 1.807) is 42.2 Å². The summed E-state index contributed by atoms with van der Waals surface area (Å²) in [7, 11) is 0. The zero-order valence-corrected chi connectivity index (χ0v) is 15.1. The van der Waals surface area contributed by atoms with Gasteiger partial charge in [-0.3, -0.25) is 9.59 Å². The number of carbonyl (C=O) groups is 2. The number of hydrogen-bond acceptors (Lipinski definition) is 4. The highest BCUT2D eigenvalue weighted by atomic mass is 16.5. The third-order valence-electron chi connectivity index (χ3n) is 4.67. The third kappa shape index (κ3) is 3.21. The van der Waals surface area contributed by atoms with Crippen molar-refractivity contribution in [3.05, 3.63) is 77.0 Å². The lowest BCUT2D eigenvalue weighted by molar-refractivity contribution is 0.0981. The maximum absolute atomic E-state index is 13.1. The minimum absolute atomic E-state index is 0.0745. The van der Waals surface area contributed by atoms with Crippen molar-refractivity contribution in [1.29, 1.82) is 0 Å². The highest BCUT2D eigenvalue weighted by Crippen LogP contribution is 2.33. The van der Waals surface area contributed by atoms with Crippen LogP contribution in [0, 0.1) is 6.92 Å². The Labute approximate surface area is 156 Å². The lowest BCUT2D eigenvalue weighted by Crippen LogP contribution is -2.35. The summed E-state index contributed by atoms with van der Waals surface area (Å²) in [6.07, 6.45) is 0.827. The molecule has 0 fully saturated rings. The van der Waals surface area contributed by atoms with Crippen LogP contribution in [0.5, 0.6) is 0 Å². The zero-order valence-electron chi connectivity index (χ0n) is 15.1. The van der Waals surface area contributed by atoms with Crippen LogP contribution >= 0.6 is 0 Å². The number of hydrogen-bond donors (Lipinski definition) is 1.